The van der Waals surface area contributed by atoms with Crippen LogP contribution in [0.25, 0.3) is 0 Å². The number of methoxy groups -OCH3 is 1. The van der Waals surface area contributed by atoms with E-state index in [0.29, 0.717) is 36.9 Å². The van der Waals surface area contributed by atoms with Gasteiger partial charge in [-0.15, -0.1) is 0 Å². The van der Waals surface area contributed by atoms with Gasteiger partial charge in [0.1, 0.15) is 32.1 Å². The Kier molecular flexibility index (Phi) is 7.60. The number of aliphatic hydroxyl groups is 1. The quantitative estimate of drug-likeness (QED) is 0.216. The predicted octanol–water partition coefficient (Wildman–Crippen LogP) is 3.30. The van der Waals surface area contributed by atoms with E-state index in [-0.39, 0.29) is 31.8 Å². The first-order chi connectivity index (χ1) is 20.4. The second-order valence-electron chi connectivity index (χ2n) is 10.4. The summed E-state index contributed by atoms with van der Waals surface area (Å²) in [5.74, 6) is 2.85. The van der Waals surface area contributed by atoms with Gasteiger partial charge < -0.3 is 39.0 Å². The molecule has 0 spiro atoms. The van der Waals surface area contributed by atoms with Crippen molar-refractivity contribution in [2.24, 2.45) is 5.16 Å². The fourth-order valence-corrected chi connectivity index (χ4v) is 5.99. The number of nitrogens with zero attached hydrogens (tertiary/aromatic N) is 5. The van der Waals surface area contributed by atoms with Crippen molar-refractivity contribution < 1.29 is 33.8 Å². The molecule has 0 saturated heterocycles. The number of aliphatic hydroxyl groups excluding tert-OH is 1. The van der Waals surface area contributed by atoms with Gasteiger partial charge in [0.25, 0.3) is 0 Å². The van der Waals surface area contributed by atoms with Gasteiger partial charge in [-0.1, -0.05) is 5.16 Å². The zero-order chi connectivity index (χ0) is 29.4. The highest BCUT2D eigenvalue weighted by Crippen LogP contribution is 2.47. The lowest BCUT2D eigenvalue weighted by Gasteiger charge is -2.42. The summed E-state index contributed by atoms with van der Waals surface area (Å²) in [5, 5.41) is 26.4. The van der Waals surface area contributed by atoms with Gasteiger partial charge in [-0.25, -0.2) is 9.55 Å². The fraction of sp³-hybridized carbons (Fsp3) is 0.448. The van der Waals surface area contributed by atoms with Crippen LogP contribution in [0.2, 0.25) is 0 Å². The van der Waals surface area contributed by atoms with Gasteiger partial charge in [-0.3, -0.25) is 4.90 Å². The topological polar surface area (TPSA) is 143 Å². The SMILES string of the molecule is CCO/N=C/c1cc(OC)c(OCC(O)Cn2c([N+](=O)[O-])cnc2C)c2c1CC1c3cc4c(cc3CCN1C2)OCO4. The van der Waals surface area contributed by atoms with E-state index in [9.17, 15) is 15.2 Å². The molecule has 42 heavy (non-hydrogen) atoms. The zero-order valence-corrected chi connectivity index (χ0v) is 23.7. The van der Waals surface area contributed by atoms with Crippen molar-refractivity contribution >= 4 is 12.0 Å². The van der Waals surface area contributed by atoms with Crippen LogP contribution in [0.4, 0.5) is 5.82 Å². The molecule has 0 saturated carbocycles. The third kappa shape index (κ3) is 5.09. The Morgan fingerprint density at radius 1 is 1.29 bits per heavy atom. The Morgan fingerprint density at radius 2 is 2.10 bits per heavy atom. The van der Waals surface area contributed by atoms with Gasteiger partial charge in [-0.2, -0.15) is 0 Å². The van der Waals surface area contributed by atoms with Gasteiger partial charge in [-0.05, 0) is 59.6 Å². The molecule has 4 heterocycles. The smallest absolute Gasteiger partial charge is 0.342 e. The average molecular weight is 580 g/mol. The number of rotatable bonds is 10. The largest absolute Gasteiger partial charge is 0.493 e. The summed E-state index contributed by atoms with van der Waals surface area (Å²) in [7, 11) is 1.57. The summed E-state index contributed by atoms with van der Waals surface area (Å²) in [6, 6.07) is 6.18. The number of aryl methyl sites for hydroxylation is 1. The van der Waals surface area contributed by atoms with Gasteiger partial charge in [0.15, 0.2) is 28.8 Å². The monoisotopic (exact) mass is 579 g/mol. The van der Waals surface area contributed by atoms with Crippen LogP contribution >= 0.6 is 0 Å². The van der Waals surface area contributed by atoms with E-state index in [4.69, 9.17) is 23.8 Å². The molecule has 13 nitrogen and oxygen atoms in total. The molecular weight excluding hydrogens is 546 g/mol. The number of aromatic nitrogens is 2. The van der Waals surface area contributed by atoms with Crippen molar-refractivity contribution in [3.63, 3.8) is 0 Å². The van der Waals surface area contributed by atoms with E-state index in [1.54, 1.807) is 20.2 Å². The highest BCUT2D eigenvalue weighted by Gasteiger charge is 2.37. The number of benzene rings is 2. The van der Waals surface area contributed by atoms with E-state index in [0.717, 1.165) is 41.2 Å². The summed E-state index contributed by atoms with van der Waals surface area (Å²) in [4.78, 5) is 22.6. The first-order valence-corrected chi connectivity index (χ1v) is 13.9. The highest BCUT2D eigenvalue weighted by molar-refractivity contribution is 5.84. The Balaban J connectivity index is 1.32. The maximum absolute atomic E-state index is 11.4. The lowest BCUT2D eigenvalue weighted by atomic mass is 9.82. The summed E-state index contributed by atoms with van der Waals surface area (Å²) in [6.07, 6.45) is 3.42. The molecule has 3 aliphatic heterocycles. The summed E-state index contributed by atoms with van der Waals surface area (Å²) < 4.78 is 24.7. The Hall–Kier alpha value is -4.36. The van der Waals surface area contributed by atoms with E-state index < -0.39 is 11.0 Å². The first-order valence-electron chi connectivity index (χ1n) is 13.9. The maximum Gasteiger partial charge on any atom is 0.342 e. The van der Waals surface area contributed by atoms with E-state index in [1.165, 1.54) is 21.9 Å². The Labute approximate surface area is 242 Å². The maximum atomic E-state index is 11.4. The van der Waals surface area contributed by atoms with Crippen LogP contribution in [-0.4, -0.2) is 70.5 Å². The van der Waals surface area contributed by atoms with Crippen molar-refractivity contribution in [2.75, 3.05) is 33.7 Å². The number of nitro groups is 1. The minimum Gasteiger partial charge on any atom is -0.493 e. The summed E-state index contributed by atoms with van der Waals surface area (Å²) in [6.45, 7) is 5.51. The molecule has 0 amide bonds. The second-order valence-corrected chi connectivity index (χ2v) is 10.4. The number of hydrogen-bond acceptors (Lipinski definition) is 11. The van der Waals surface area contributed by atoms with E-state index in [2.05, 4.69) is 27.2 Å². The Bertz CT molecular complexity index is 1540. The minimum absolute atomic E-state index is 0.0349. The number of hydrogen-bond donors (Lipinski definition) is 1. The highest BCUT2D eigenvalue weighted by atomic mass is 16.7. The molecular formula is C29H33N5O8. The van der Waals surface area contributed by atoms with Gasteiger partial charge in [0.05, 0.1) is 13.3 Å². The van der Waals surface area contributed by atoms with Gasteiger partial charge >= 0.3 is 5.82 Å². The molecule has 0 fully saturated rings. The van der Waals surface area contributed by atoms with E-state index in [1.807, 2.05) is 13.0 Å². The lowest BCUT2D eigenvalue weighted by molar-refractivity contribution is -0.392. The van der Waals surface area contributed by atoms with Crippen molar-refractivity contribution in [3.05, 3.63) is 68.2 Å². The lowest BCUT2D eigenvalue weighted by Crippen LogP contribution is -2.40. The second kappa shape index (κ2) is 11.5. The van der Waals surface area contributed by atoms with Crippen molar-refractivity contribution in [3.8, 4) is 23.0 Å². The first kappa shape index (κ1) is 27.8. The average Bonchev–Trinajstić information content (AvgIpc) is 3.60. The molecule has 3 aliphatic rings. The van der Waals surface area contributed by atoms with Crippen LogP contribution < -0.4 is 18.9 Å². The van der Waals surface area contributed by atoms with Crippen molar-refractivity contribution in [1.29, 1.82) is 0 Å². The van der Waals surface area contributed by atoms with Crippen LogP contribution in [0.5, 0.6) is 23.0 Å². The molecule has 0 bridgehead atoms. The van der Waals surface area contributed by atoms with Crippen LogP contribution in [0.1, 0.15) is 46.6 Å². The zero-order valence-electron chi connectivity index (χ0n) is 23.7. The Morgan fingerprint density at radius 3 is 2.86 bits per heavy atom. The number of imidazole rings is 1. The molecule has 1 N–H and O–H groups in total. The van der Waals surface area contributed by atoms with Crippen LogP contribution in [-0.2, 0) is 30.8 Å². The molecule has 6 rings (SSSR count). The molecule has 222 valence electrons. The third-order valence-electron chi connectivity index (χ3n) is 8.01. The molecule has 2 unspecified atom stereocenters. The van der Waals surface area contributed by atoms with Crippen molar-refractivity contribution in [1.82, 2.24) is 14.5 Å². The molecule has 2 aromatic carbocycles. The van der Waals surface area contributed by atoms with Crippen molar-refractivity contribution in [2.45, 2.75) is 51.9 Å². The van der Waals surface area contributed by atoms with Gasteiger partial charge in [0, 0.05) is 37.2 Å². The molecule has 0 aliphatic carbocycles. The third-order valence-corrected chi connectivity index (χ3v) is 8.01. The standard InChI is InChI=1S/C29H33N5O8/c1-4-42-31-11-19-8-27(38-3)29(39-15-20(35)13-33-17(2)30-12-28(33)34(36)37)23-14-32-6-5-18-7-25-26(41-16-40-25)10-22(18)24(32)9-21(19)23/h7-8,10-12,20,24,35H,4-6,9,13-16H2,1-3H3/b31-11+. The van der Waals surface area contributed by atoms with Crippen LogP contribution in [0, 0.1) is 17.0 Å². The predicted molar refractivity (Wildman–Crippen MR) is 150 cm³/mol. The minimum atomic E-state index is -1.03. The number of oxime groups is 1. The van der Waals surface area contributed by atoms with Gasteiger partial charge in [0.2, 0.25) is 6.79 Å². The molecule has 1 aromatic heterocycles. The number of fused-ring (bicyclic) bond motifs is 5. The summed E-state index contributed by atoms with van der Waals surface area (Å²) in [5.41, 5.74) is 5.34. The van der Waals surface area contributed by atoms with Crippen LogP contribution in [0.15, 0.2) is 29.6 Å². The number of ether oxygens (including phenoxy) is 4. The van der Waals surface area contributed by atoms with E-state index >= 15 is 0 Å². The molecule has 3 aromatic rings. The summed E-state index contributed by atoms with van der Waals surface area (Å²) >= 11 is 0. The molecule has 2 atom stereocenters. The fourth-order valence-electron chi connectivity index (χ4n) is 5.99. The molecule has 0 radical (unpaired) electrons. The van der Waals surface area contributed by atoms with Crippen LogP contribution in [0.3, 0.4) is 0 Å². The molecule has 13 heteroatoms. The normalized spacial score (nSPS) is 17.9.